The number of hydrogen-bond donors (Lipinski definition) is 1. The molecular formula is C51H96NO7+. The molecule has 0 aromatic carbocycles. The van der Waals surface area contributed by atoms with Crippen LogP contribution in [0.5, 0.6) is 0 Å². The predicted octanol–water partition coefficient (Wildman–Crippen LogP) is 14.0. The fourth-order valence-corrected chi connectivity index (χ4v) is 7.50. The molecule has 0 aromatic rings. The third kappa shape index (κ3) is 41.0. The van der Waals surface area contributed by atoms with Crippen molar-refractivity contribution in [3.8, 4) is 0 Å². The minimum atomic E-state index is -0.876. The molecule has 2 unspecified atom stereocenters. The van der Waals surface area contributed by atoms with Crippen LogP contribution in [-0.4, -0.2) is 80.6 Å². The van der Waals surface area contributed by atoms with Gasteiger partial charge in [-0.2, -0.15) is 0 Å². The van der Waals surface area contributed by atoms with Crippen LogP contribution in [-0.2, 0) is 28.6 Å². The van der Waals surface area contributed by atoms with Gasteiger partial charge in [0, 0.05) is 19.3 Å². The zero-order valence-electron chi connectivity index (χ0n) is 39.5. The monoisotopic (exact) mass is 835 g/mol. The van der Waals surface area contributed by atoms with Crippen molar-refractivity contribution < 1.29 is 38.2 Å². The average Bonchev–Trinajstić information content (AvgIpc) is 3.19. The molecule has 0 radical (unpaired) electrons. The number of carbonyl (C=O) groups excluding carboxylic acids is 2. The molecule has 0 fully saturated rings. The summed E-state index contributed by atoms with van der Waals surface area (Å²) in [6.45, 7) is 4.74. The van der Waals surface area contributed by atoms with Crippen molar-refractivity contribution in [2.75, 3.05) is 41.0 Å². The van der Waals surface area contributed by atoms with Crippen LogP contribution in [0.15, 0.2) is 24.3 Å². The van der Waals surface area contributed by atoms with E-state index in [1.54, 1.807) is 0 Å². The highest BCUT2D eigenvalue weighted by molar-refractivity contribution is 5.72. The molecule has 346 valence electrons. The van der Waals surface area contributed by atoms with Crippen LogP contribution < -0.4 is 0 Å². The zero-order chi connectivity index (χ0) is 43.5. The molecule has 0 saturated carbocycles. The largest absolute Gasteiger partial charge is 0.477 e. The molecule has 8 nitrogen and oxygen atoms in total. The summed E-state index contributed by atoms with van der Waals surface area (Å²) >= 11 is 0. The van der Waals surface area contributed by atoms with Crippen LogP contribution in [0.3, 0.4) is 0 Å². The van der Waals surface area contributed by atoms with Crippen LogP contribution in [0.25, 0.3) is 0 Å². The van der Waals surface area contributed by atoms with Gasteiger partial charge in [0.25, 0.3) is 0 Å². The first kappa shape index (κ1) is 56.8. The topological polar surface area (TPSA) is 99.1 Å². The Morgan fingerprint density at radius 2 is 0.881 bits per heavy atom. The van der Waals surface area contributed by atoms with E-state index in [0.717, 1.165) is 51.4 Å². The van der Waals surface area contributed by atoms with Crippen molar-refractivity contribution in [1.29, 1.82) is 0 Å². The highest BCUT2D eigenvalue weighted by atomic mass is 16.6. The minimum absolute atomic E-state index is 0.0546. The highest BCUT2D eigenvalue weighted by Crippen LogP contribution is 2.16. The molecule has 0 aliphatic rings. The number of carboxylic acid groups (broad SMARTS) is 1. The van der Waals surface area contributed by atoms with Gasteiger partial charge in [0.1, 0.15) is 6.61 Å². The molecule has 59 heavy (non-hydrogen) atoms. The molecule has 8 heteroatoms. The van der Waals surface area contributed by atoms with Gasteiger partial charge in [0.2, 0.25) is 0 Å². The van der Waals surface area contributed by atoms with Gasteiger partial charge in [-0.25, -0.2) is 4.79 Å². The Kier molecular flexibility index (Phi) is 40.9. The molecule has 0 amide bonds. The second kappa shape index (κ2) is 42.5. The third-order valence-corrected chi connectivity index (χ3v) is 11.4. The Bertz CT molecular complexity index is 1020. The molecule has 0 heterocycles. The number of esters is 2. The van der Waals surface area contributed by atoms with E-state index in [4.69, 9.17) is 14.2 Å². The van der Waals surface area contributed by atoms with Crippen molar-refractivity contribution in [1.82, 2.24) is 0 Å². The van der Waals surface area contributed by atoms with Gasteiger partial charge < -0.3 is 23.8 Å². The van der Waals surface area contributed by atoms with Crippen LogP contribution >= 0.6 is 0 Å². The lowest BCUT2D eigenvalue weighted by Crippen LogP contribution is -2.50. The number of rotatable bonds is 45. The van der Waals surface area contributed by atoms with E-state index in [9.17, 15) is 19.5 Å². The quantitative estimate of drug-likeness (QED) is 0.0282. The molecular weight excluding hydrogens is 739 g/mol. The molecule has 0 bridgehead atoms. The summed E-state index contributed by atoms with van der Waals surface area (Å²) in [5, 5.41) is 9.64. The lowest BCUT2D eigenvalue weighted by atomic mass is 10.0. The number of likely N-dealkylation sites (N-methyl/N-ethyl adjacent to an activating group) is 1. The Balaban J connectivity index is 4.27. The number of allylic oxidation sites excluding steroid dienone is 4. The first-order valence-electron chi connectivity index (χ1n) is 24.9. The summed E-state index contributed by atoms with van der Waals surface area (Å²) in [6.07, 6.45) is 48.0. The van der Waals surface area contributed by atoms with Crippen molar-refractivity contribution in [3.63, 3.8) is 0 Å². The number of hydrogen-bond acceptors (Lipinski definition) is 6. The van der Waals surface area contributed by atoms with Gasteiger partial charge in [-0.15, -0.1) is 0 Å². The van der Waals surface area contributed by atoms with Crippen LogP contribution in [0.4, 0.5) is 0 Å². The molecule has 0 spiro atoms. The molecule has 0 aliphatic carbocycles. The summed E-state index contributed by atoms with van der Waals surface area (Å²) in [6, 6.07) is -0.617. The number of ether oxygens (including phenoxy) is 3. The van der Waals surface area contributed by atoms with E-state index >= 15 is 0 Å². The summed E-state index contributed by atoms with van der Waals surface area (Å²) in [7, 11) is 5.53. The Hall–Kier alpha value is -2.19. The number of aliphatic carboxylic acids is 1. The SMILES string of the molecule is CCCCCCCCC/C=C/C=C/CCCCCC(=O)OC(COCCC(C(=O)O)[N+](C)(C)C)COC(=O)CCCCCCCCCCCCCCCCCCCCC. The van der Waals surface area contributed by atoms with E-state index in [0.29, 0.717) is 19.3 Å². The minimum Gasteiger partial charge on any atom is -0.477 e. The van der Waals surface area contributed by atoms with Gasteiger partial charge in [-0.05, 0) is 38.5 Å². The van der Waals surface area contributed by atoms with Gasteiger partial charge in [0.05, 0.1) is 34.4 Å². The maximum absolute atomic E-state index is 12.7. The predicted molar refractivity (Wildman–Crippen MR) is 248 cm³/mol. The maximum Gasteiger partial charge on any atom is 0.362 e. The van der Waals surface area contributed by atoms with Gasteiger partial charge in [-0.3, -0.25) is 9.59 Å². The molecule has 0 aromatic heterocycles. The van der Waals surface area contributed by atoms with Crippen LogP contribution in [0.1, 0.15) is 232 Å². The summed E-state index contributed by atoms with van der Waals surface area (Å²) in [4.78, 5) is 37.1. The fraction of sp³-hybridized carbons (Fsp3) is 0.863. The third-order valence-electron chi connectivity index (χ3n) is 11.4. The second-order valence-corrected chi connectivity index (χ2v) is 18.1. The lowest BCUT2D eigenvalue weighted by Gasteiger charge is -2.31. The van der Waals surface area contributed by atoms with E-state index < -0.39 is 18.1 Å². The summed E-state index contributed by atoms with van der Waals surface area (Å²) < 4.78 is 17.3. The normalized spacial score (nSPS) is 13.0. The Morgan fingerprint density at radius 3 is 1.29 bits per heavy atom. The second-order valence-electron chi connectivity index (χ2n) is 18.1. The van der Waals surface area contributed by atoms with Crippen molar-refractivity contribution in [2.24, 2.45) is 0 Å². The first-order chi connectivity index (χ1) is 28.6. The maximum atomic E-state index is 12.7. The number of nitrogens with zero attached hydrogens (tertiary/aromatic N) is 1. The van der Waals surface area contributed by atoms with E-state index in [-0.39, 0.29) is 36.2 Å². The number of carbonyl (C=O) groups is 3. The zero-order valence-corrected chi connectivity index (χ0v) is 39.5. The summed E-state index contributed by atoms with van der Waals surface area (Å²) in [5.41, 5.74) is 0. The number of unbranched alkanes of at least 4 members (excludes halogenated alkanes) is 28. The standard InChI is InChI=1S/C51H95NO7/c1-6-8-10-12-14-16-18-20-22-24-25-26-28-29-31-33-35-37-39-41-49(53)58-46-47(45-57-44-43-48(51(55)56)52(3,4)5)59-50(54)42-40-38-36-34-32-30-27-23-21-19-17-15-13-11-9-7-2/h23,27,30,32,47-48H,6-22,24-26,28-29,31,33-46H2,1-5H3/p+1/b27-23+,32-30+. The molecule has 0 aliphatic heterocycles. The van der Waals surface area contributed by atoms with E-state index in [1.807, 2.05) is 21.1 Å². The number of carboxylic acids is 1. The van der Waals surface area contributed by atoms with Gasteiger partial charge in [0.15, 0.2) is 12.1 Å². The Morgan fingerprint density at radius 1 is 0.508 bits per heavy atom. The first-order valence-corrected chi connectivity index (χ1v) is 24.9. The highest BCUT2D eigenvalue weighted by Gasteiger charge is 2.31. The van der Waals surface area contributed by atoms with Crippen molar-refractivity contribution in [2.45, 2.75) is 244 Å². The van der Waals surface area contributed by atoms with Gasteiger partial charge in [-0.1, -0.05) is 199 Å². The smallest absolute Gasteiger partial charge is 0.362 e. The van der Waals surface area contributed by atoms with Crippen molar-refractivity contribution in [3.05, 3.63) is 24.3 Å². The molecule has 2 atom stereocenters. The van der Waals surface area contributed by atoms with E-state index in [2.05, 4.69) is 38.2 Å². The fourth-order valence-electron chi connectivity index (χ4n) is 7.50. The molecule has 0 saturated heterocycles. The van der Waals surface area contributed by atoms with E-state index in [1.165, 1.54) is 148 Å². The van der Waals surface area contributed by atoms with Crippen LogP contribution in [0, 0.1) is 0 Å². The Labute approximate surface area is 364 Å². The molecule has 1 N–H and O–H groups in total. The number of quaternary nitrogens is 1. The summed E-state index contributed by atoms with van der Waals surface area (Å²) in [5.74, 6) is -1.49. The van der Waals surface area contributed by atoms with Gasteiger partial charge >= 0.3 is 17.9 Å². The molecule has 0 rings (SSSR count). The van der Waals surface area contributed by atoms with Crippen LogP contribution in [0.2, 0.25) is 0 Å². The average molecular weight is 835 g/mol. The van der Waals surface area contributed by atoms with Crippen molar-refractivity contribution >= 4 is 17.9 Å². The lowest BCUT2D eigenvalue weighted by molar-refractivity contribution is -0.887.